The molecule has 7 heteroatoms. The van der Waals surface area contributed by atoms with E-state index in [2.05, 4.69) is 5.32 Å². The maximum absolute atomic E-state index is 12.2. The molecular formula is C14H20N2O5. The number of amides is 1. The van der Waals surface area contributed by atoms with Gasteiger partial charge in [0.1, 0.15) is 0 Å². The van der Waals surface area contributed by atoms with Crippen LogP contribution in [0.3, 0.4) is 0 Å². The fraction of sp³-hybridized carbons (Fsp3) is 0.500. The van der Waals surface area contributed by atoms with Crippen LogP contribution >= 0.6 is 0 Å². The Labute approximate surface area is 123 Å². The molecule has 0 saturated heterocycles. The van der Waals surface area contributed by atoms with Crippen LogP contribution < -0.4 is 10.1 Å². The van der Waals surface area contributed by atoms with Gasteiger partial charge >= 0.3 is 5.69 Å². The SMILES string of the molecule is COc1ccc(C(=O)NC(C)(C)C(C)(C)O)cc1[N+](=O)[O-]. The van der Waals surface area contributed by atoms with Crippen molar-refractivity contribution in [3.05, 3.63) is 33.9 Å². The number of benzene rings is 1. The summed E-state index contributed by atoms with van der Waals surface area (Å²) >= 11 is 0. The summed E-state index contributed by atoms with van der Waals surface area (Å²) in [7, 11) is 1.32. The molecule has 2 N–H and O–H groups in total. The van der Waals surface area contributed by atoms with Crippen molar-refractivity contribution in [3.63, 3.8) is 0 Å². The van der Waals surface area contributed by atoms with Gasteiger partial charge in [-0.2, -0.15) is 0 Å². The number of ether oxygens (including phenoxy) is 1. The van der Waals surface area contributed by atoms with Crippen LogP contribution in [-0.2, 0) is 0 Å². The molecular weight excluding hydrogens is 276 g/mol. The Morgan fingerprint density at radius 3 is 2.33 bits per heavy atom. The third kappa shape index (κ3) is 3.69. The molecule has 0 aliphatic carbocycles. The Hall–Kier alpha value is -2.15. The fourth-order valence-electron chi connectivity index (χ4n) is 1.48. The summed E-state index contributed by atoms with van der Waals surface area (Å²) in [6.45, 7) is 6.49. The van der Waals surface area contributed by atoms with Crippen LogP contribution in [0.1, 0.15) is 38.1 Å². The van der Waals surface area contributed by atoms with Crippen molar-refractivity contribution < 1.29 is 19.6 Å². The van der Waals surface area contributed by atoms with Gasteiger partial charge in [0.15, 0.2) is 5.75 Å². The van der Waals surface area contributed by atoms with Gasteiger partial charge < -0.3 is 15.2 Å². The van der Waals surface area contributed by atoms with Crippen LogP contribution in [0, 0.1) is 10.1 Å². The molecule has 1 amide bonds. The van der Waals surface area contributed by atoms with E-state index in [4.69, 9.17) is 4.74 Å². The van der Waals surface area contributed by atoms with Gasteiger partial charge in [0.05, 0.1) is 23.2 Å². The number of nitrogens with one attached hydrogen (secondary N) is 1. The number of hydrogen-bond acceptors (Lipinski definition) is 5. The van der Waals surface area contributed by atoms with E-state index in [-0.39, 0.29) is 17.0 Å². The van der Waals surface area contributed by atoms with Crippen molar-refractivity contribution in [3.8, 4) is 5.75 Å². The Morgan fingerprint density at radius 1 is 1.33 bits per heavy atom. The molecule has 0 aromatic heterocycles. The van der Waals surface area contributed by atoms with Crippen LogP contribution in [-0.4, -0.2) is 34.2 Å². The number of nitro groups is 1. The molecule has 0 bridgehead atoms. The third-order valence-electron chi connectivity index (χ3n) is 3.59. The minimum Gasteiger partial charge on any atom is -0.490 e. The summed E-state index contributed by atoms with van der Waals surface area (Å²) in [6, 6.07) is 3.94. The van der Waals surface area contributed by atoms with Crippen molar-refractivity contribution in [1.29, 1.82) is 0 Å². The van der Waals surface area contributed by atoms with E-state index in [0.717, 1.165) is 6.07 Å². The lowest BCUT2D eigenvalue weighted by Crippen LogP contribution is -2.57. The predicted octanol–water partition coefficient (Wildman–Crippen LogP) is 1.88. The molecule has 1 aromatic carbocycles. The highest BCUT2D eigenvalue weighted by Crippen LogP contribution is 2.28. The van der Waals surface area contributed by atoms with E-state index in [9.17, 15) is 20.0 Å². The average molecular weight is 296 g/mol. The van der Waals surface area contributed by atoms with E-state index in [1.165, 1.54) is 19.2 Å². The zero-order chi connectivity index (χ0) is 16.4. The molecule has 7 nitrogen and oxygen atoms in total. The van der Waals surface area contributed by atoms with Crippen LogP contribution in [0.4, 0.5) is 5.69 Å². The fourth-order valence-corrected chi connectivity index (χ4v) is 1.48. The second kappa shape index (κ2) is 5.69. The smallest absolute Gasteiger partial charge is 0.311 e. The number of carbonyl (C=O) groups is 1. The van der Waals surface area contributed by atoms with Crippen molar-refractivity contribution >= 4 is 11.6 Å². The van der Waals surface area contributed by atoms with Gasteiger partial charge in [0, 0.05) is 11.6 Å². The molecule has 0 atom stereocenters. The molecule has 0 fully saturated rings. The quantitative estimate of drug-likeness (QED) is 0.638. The molecule has 0 unspecified atom stereocenters. The Bertz CT molecular complexity index is 561. The van der Waals surface area contributed by atoms with Crippen LogP contribution in [0.2, 0.25) is 0 Å². The normalized spacial score (nSPS) is 11.9. The van der Waals surface area contributed by atoms with Gasteiger partial charge in [-0.3, -0.25) is 14.9 Å². The van der Waals surface area contributed by atoms with E-state index >= 15 is 0 Å². The number of methoxy groups -OCH3 is 1. The molecule has 21 heavy (non-hydrogen) atoms. The first-order valence-electron chi connectivity index (χ1n) is 6.37. The number of aliphatic hydroxyl groups is 1. The highest BCUT2D eigenvalue weighted by molar-refractivity contribution is 5.95. The van der Waals surface area contributed by atoms with Crippen LogP contribution in [0.25, 0.3) is 0 Å². The van der Waals surface area contributed by atoms with Crippen molar-refractivity contribution in [2.24, 2.45) is 0 Å². The van der Waals surface area contributed by atoms with Gasteiger partial charge in [-0.25, -0.2) is 0 Å². The minimum absolute atomic E-state index is 0.0818. The number of nitro benzene ring substituents is 1. The molecule has 116 valence electrons. The topological polar surface area (TPSA) is 102 Å². The van der Waals surface area contributed by atoms with E-state index < -0.39 is 22.0 Å². The van der Waals surface area contributed by atoms with E-state index in [0.29, 0.717) is 0 Å². The monoisotopic (exact) mass is 296 g/mol. The maximum Gasteiger partial charge on any atom is 0.311 e. The van der Waals surface area contributed by atoms with Crippen LogP contribution in [0.15, 0.2) is 18.2 Å². The first-order valence-corrected chi connectivity index (χ1v) is 6.37. The standard InChI is InChI=1S/C14H20N2O5/c1-13(2,14(3,4)18)15-12(17)9-6-7-11(21-5)10(8-9)16(19)20/h6-8,18H,1-5H3,(H,15,17). The summed E-state index contributed by atoms with van der Waals surface area (Å²) < 4.78 is 4.88. The molecule has 0 aliphatic rings. The summed E-state index contributed by atoms with van der Waals surface area (Å²) in [4.78, 5) is 22.5. The molecule has 0 radical (unpaired) electrons. The molecule has 0 saturated carbocycles. The zero-order valence-corrected chi connectivity index (χ0v) is 12.8. The Kier molecular flexibility index (Phi) is 4.58. The van der Waals surface area contributed by atoms with Gasteiger partial charge in [-0.15, -0.1) is 0 Å². The second-order valence-corrected chi connectivity index (χ2v) is 5.78. The predicted molar refractivity (Wildman–Crippen MR) is 77.5 cm³/mol. The van der Waals surface area contributed by atoms with Gasteiger partial charge in [0.2, 0.25) is 0 Å². The van der Waals surface area contributed by atoms with Gasteiger partial charge in [0.25, 0.3) is 5.91 Å². The number of hydrogen-bond donors (Lipinski definition) is 2. The van der Waals surface area contributed by atoms with Crippen molar-refractivity contribution in [2.75, 3.05) is 7.11 Å². The summed E-state index contributed by atoms with van der Waals surface area (Å²) in [6.07, 6.45) is 0. The summed E-state index contributed by atoms with van der Waals surface area (Å²) in [5.74, 6) is -0.425. The maximum atomic E-state index is 12.2. The zero-order valence-electron chi connectivity index (χ0n) is 12.8. The highest BCUT2D eigenvalue weighted by atomic mass is 16.6. The average Bonchev–Trinajstić information content (AvgIpc) is 2.35. The second-order valence-electron chi connectivity index (χ2n) is 5.78. The lowest BCUT2D eigenvalue weighted by molar-refractivity contribution is -0.385. The lowest BCUT2D eigenvalue weighted by atomic mass is 9.85. The number of carbonyl (C=O) groups excluding carboxylic acids is 1. The summed E-state index contributed by atoms with van der Waals surface area (Å²) in [5, 5.41) is 23.6. The minimum atomic E-state index is -1.15. The van der Waals surface area contributed by atoms with Gasteiger partial charge in [-0.05, 0) is 39.8 Å². The van der Waals surface area contributed by atoms with Crippen LogP contribution in [0.5, 0.6) is 5.75 Å². The number of rotatable bonds is 5. The summed E-state index contributed by atoms with van der Waals surface area (Å²) in [5.41, 5.74) is -2.22. The Morgan fingerprint density at radius 2 is 1.90 bits per heavy atom. The molecule has 1 rings (SSSR count). The highest BCUT2D eigenvalue weighted by Gasteiger charge is 2.36. The van der Waals surface area contributed by atoms with Gasteiger partial charge in [-0.1, -0.05) is 0 Å². The molecule has 0 aliphatic heterocycles. The largest absolute Gasteiger partial charge is 0.490 e. The van der Waals surface area contributed by atoms with Crippen molar-refractivity contribution in [1.82, 2.24) is 5.32 Å². The van der Waals surface area contributed by atoms with E-state index in [1.807, 2.05) is 0 Å². The lowest BCUT2D eigenvalue weighted by Gasteiger charge is -2.38. The number of nitrogens with zero attached hydrogens (tertiary/aromatic N) is 1. The molecule has 0 heterocycles. The third-order valence-corrected chi connectivity index (χ3v) is 3.59. The first kappa shape index (κ1) is 16.9. The Balaban J connectivity index is 3.10. The first-order chi connectivity index (χ1) is 9.49. The van der Waals surface area contributed by atoms with Crippen molar-refractivity contribution in [2.45, 2.75) is 38.8 Å². The molecule has 0 spiro atoms. The van der Waals surface area contributed by atoms with E-state index in [1.54, 1.807) is 27.7 Å². The molecule has 1 aromatic rings.